The number of aromatic amines is 1. The van der Waals surface area contributed by atoms with E-state index in [1.54, 1.807) is 0 Å². The van der Waals surface area contributed by atoms with Crippen molar-refractivity contribution in [3.8, 4) is 0 Å². The lowest BCUT2D eigenvalue weighted by atomic mass is 10.1. The quantitative estimate of drug-likeness (QED) is 0.782. The Morgan fingerprint density at radius 1 is 1.28 bits per heavy atom. The van der Waals surface area contributed by atoms with Crippen LogP contribution < -0.4 is 5.32 Å². The van der Waals surface area contributed by atoms with Gasteiger partial charge < -0.3 is 10.3 Å². The van der Waals surface area contributed by atoms with Gasteiger partial charge in [0.1, 0.15) is 9.84 Å². The standard InChI is InChI=1S/C13H18N2O2S/c1-18(16,17)8-2-6-14-10-11-3-4-12-5-7-15-13(12)9-11/h3-5,7,9,14-15H,2,6,8,10H2,1H3. The number of nitrogens with one attached hydrogen (secondary N) is 2. The third kappa shape index (κ3) is 3.85. The van der Waals surface area contributed by atoms with Crippen molar-refractivity contribution in [1.82, 2.24) is 10.3 Å². The van der Waals surface area contributed by atoms with Gasteiger partial charge in [-0.3, -0.25) is 0 Å². The summed E-state index contributed by atoms with van der Waals surface area (Å²) in [7, 11) is -2.84. The summed E-state index contributed by atoms with van der Waals surface area (Å²) in [6.07, 6.45) is 3.85. The van der Waals surface area contributed by atoms with Crippen molar-refractivity contribution in [1.29, 1.82) is 0 Å². The summed E-state index contributed by atoms with van der Waals surface area (Å²) in [6, 6.07) is 8.32. The summed E-state index contributed by atoms with van der Waals surface area (Å²) in [5.74, 6) is 0.246. The number of aromatic nitrogens is 1. The maximum absolute atomic E-state index is 10.9. The average Bonchev–Trinajstić information content (AvgIpc) is 2.74. The minimum absolute atomic E-state index is 0.246. The molecule has 0 aliphatic heterocycles. The molecule has 0 saturated carbocycles. The molecule has 1 heterocycles. The Hall–Kier alpha value is -1.33. The number of H-pyrrole nitrogens is 1. The second-order valence-electron chi connectivity index (χ2n) is 4.56. The zero-order valence-corrected chi connectivity index (χ0v) is 11.3. The molecule has 0 unspecified atom stereocenters. The van der Waals surface area contributed by atoms with Crippen LogP contribution in [0.1, 0.15) is 12.0 Å². The smallest absolute Gasteiger partial charge is 0.147 e. The summed E-state index contributed by atoms with van der Waals surface area (Å²) in [6.45, 7) is 1.48. The van der Waals surface area contributed by atoms with Crippen LogP contribution in [0.3, 0.4) is 0 Å². The van der Waals surface area contributed by atoms with Crippen LogP contribution in [0.4, 0.5) is 0 Å². The third-order valence-corrected chi connectivity index (χ3v) is 3.85. The van der Waals surface area contributed by atoms with Gasteiger partial charge in [0.2, 0.25) is 0 Å². The Morgan fingerprint density at radius 3 is 2.89 bits per heavy atom. The summed E-state index contributed by atoms with van der Waals surface area (Å²) in [5, 5.41) is 4.46. The molecule has 4 nitrogen and oxygen atoms in total. The molecule has 5 heteroatoms. The maximum atomic E-state index is 10.9. The largest absolute Gasteiger partial charge is 0.361 e. The van der Waals surface area contributed by atoms with E-state index in [1.807, 2.05) is 12.3 Å². The highest BCUT2D eigenvalue weighted by molar-refractivity contribution is 7.90. The minimum atomic E-state index is -2.84. The van der Waals surface area contributed by atoms with Crippen molar-refractivity contribution < 1.29 is 8.42 Å². The summed E-state index contributed by atoms with van der Waals surface area (Å²) >= 11 is 0. The Kier molecular flexibility index (Phi) is 4.04. The van der Waals surface area contributed by atoms with E-state index in [9.17, 15) is 8.42 Å². The van der Waals surface area contributed by atoms with Gasteiger partial charge in [-0.25, -0.2) is 8.42 Å². The molecule has 1 aromatic heterocycles. The predicted octanol–water partition coefficient (Wildman–Crippen LogP) is 1.69. The first-order chi connectivity index (χ1) is 8.54. The van der Waals surface area contributed by atoms with Gasteiger partial charge in [-0.15, -0.1) is 0 Å². The molecule has 2 aromatic rings. The molecule has 0 amide bonds. The fraction of sp³-hybridized carbons (Fsp3) is 0.385. The SMILES string of the molecule is CS(=O)(=O)CCCNCc1ccc2cc[nH]c2c1. The molecule has 98 valence electrons. The lowest BCUT2D eigenvalue weighted by Crippen LogP contribution is -2.17. The van der Waals surface area contributed by atoms with E-state index in [0.29, 0.717) is 6.42 Å². The van der Waals surface area contributed by atoms with Crippen LogP contribution in [-0.4, -0.2) is 32.0 Å². The van der Waals surface area contributed by atoms with Gasteiger partial charge in [0.05, 0.1) is 5.75 Å². The Morgan fingerprint density at radius 2 is 2.11 bits per heavy atom. The summed E-state index contributed by atoms with van der Waals surface area (Å²) in [5.41, 5.74) is 2.33. The van der Waals surface area contributed by atoms with Gasteiger partial charge in [-0.1, -0.05) is 12.1 Å². The van der Waals surface area contributed by atoms with Gasteiger partial charge >= 0.3 is 0 Å². The van der Waals surface area contributed by atoms with Gasteiger partial charge in [-0.2, -0.15) is 0 Å². The zero-order valence-electron chi connectivity index (χ0n) is 10.4. The Bertz CT molecular complexity index is 617. The van der Waals surface area contributed by atoms with Crippen LogP contribution in [0.25, 0.3) is 10.9 Å². The molecule has 2 rings (SSSR count). The number of sulfone groups is 1. The van der Waals surface area contributed by atoms with E-state index in [2.05, 4.69) is 28.5 Å². The molecule has 0 aliphatic rings. The third-order valence-electron chi connectivity index (χ3n) is 2.82. The molecule has 0 bridgehead atoms. The molecular weight excluding hydrogens is 248 g/mol. The second kappa shape index (κ2) is 5.54. The fourth-order valence-corrected chi connectivity index (χ4v) is 2.57. The summed E-state index contributed by atoms with van der Waals surface area (Å²) in [4.78, 5) is 3.17. The van der Waals surface area contributed by atoms with Crippen LogP contribution in [0.2, 0.25) is 0 Å². The van der Waals surface area contributed by atoms with Gasteiger partial charge in [0.15, 0.2) is 0 Å². The van der Waals surface area contributed by atoms with Crippen LogP contribution >= 0.6 is 0 Å². The Balaban J connectivity index is 1.79. The van der Waals surface area contributed by atoms with Crippen molar-refractivity contribution in [2.24, 2.45) is 0 Å². The predicted molar refractivity (Wildman–Crippen MR) is 74.3 cm³/mol. The number of benzene rings is 1. The first-order valence-electron chi connectivity index (χ1n) is 5.99. The molecule has 0 radical (unpaired) electrons. The van der Waals surface area contributed by atoms with Crippen LogP contribution in [0.5, 0.6) is 0 Å². The molecule has 0 atom stereocenters. The van der Waals surface area contributed by atoms with E-state index in [4.69, 9.17) is 0 Å². The number of hydrogen-bond donors (Lipinski definition) is 2. The zero-order chi connectivity index (χ0) is 13.0. The highest BCUT2D eigenvalue weighted by Crippen LogP contribution is 2.13. The number of hydrogen-bond acceptors (Lipinski definition) is 3. The van der Waals surface area contributed by atoms with E-state index in [1.165, 1.54) is 17.2 Å². The van der Waals surface area contributed by atoms with Gasteiger partial charge in [0, 0.05) is 24.5 Å². The van der Waals surface area contributed by atoms with E-state index in [0.717, 1.165) is 18.6 Å². The van der Waals surface area contributed by atoms with Crippen molar-refractivity contribution in [3.05, 3.63) is 36.0 Å². The Labute approximate surface area is 107 Å². The van der Waals surface area contributed by atoms with Crippen molar-refractivity contribution in [2.75, 3.05) is 18.6 Å². The lowest BCUT2D eigenvalue weighted by molar-refractivity contribution is 0.594. The average molecular weight is 266 g/mol. The minimum Gasteiger partial charge on any atom is -0.361 e. The lowest BCUT2D eigenvalue weighted by Gasteiger charge is -2.04. The molecule has 0 aliphatic carbocycles. The highest BCUT2D eigenvalue weighted by Gasteiger charge is 2.01. The molecule has 0 saturated heterocycles. The highest BCUT2D eigenvalue weighted by atomic mass is 32.2. The van der Waals surface area contributed by atoms with Crippen LogP contribution in [0, 0.1) is 0 Å². The van der Waals surface area contributed by atoms with Crippen molar-refractivity contribution in [3.63, 3.8) is 0 Å². The van der Waals surface area contributed by atoms with E-state index < -0.39 is 9.84 Å². The van der Waals surface area contributed by atoms with Gasteiger partial charge in [0.25, 0.3) is 0 Å². The van der Waals surface area contributed by atoms with E-state index in [-0.39, 0.29) is 5.75 Å². The van der Waals surface area contributed by atoms with Crippen LogP contribution in [0.15, 0.2) is 30.5 Å². The molecular formula is C13H18N2O2S. The molecule has 0 fully saturated rings. The first-order valence-corrected chi connectivity index (χ1v) is 8.05. The van der Waals surface area contributed by atoms with Crippen molar-refractivity contribution in [2.45, 2.75) is 13.0 Å². The fourth-order valence-electron chi connectivity index (χ4n) is 1.90. The first kappa shape index (κ1) is 13.1. The van der Waals surface area contributed by atoms with Gasteiger partial charge in [-0.05, 0) is 36.0 Å². The monoisotopic (exact) mass is 266 g/mol. The molecule has 2 N–H and O–H groups in total. The second-order valence-corrected chi connectivity index (χ2v) is 6.82. The summed E-state index contributed by atoms with van der Waals surface area (Å²) < 4.78 is 21.9. The maximum Gasteiger partial charge on any atom is 0.147 e. The van der Waals surface area contributed by atoms with E-state index >= 15 is 0 Å². The number of fused-ring (bicyclic) bond motifs is 1. The van der Waals surface area contributed by atoms with Crippen LogP contribution in [-0.2, 0) is 16.4 Å². The van der Waals surface area contributed by atoms with Crippen molar-refractivity contribution >= 4 is 20.7 Å². The number of rotatable bonds is 6. The molecule has 18 heavy (non-hydrogen) atoms. The normalized spacial score (nSPS) is 12.1. The molecule has 1 aromatic carbocycles. The topological polar surface area (TPSA) is 62.0 Å². The molecule has 0 spiro atoms.